The second-order valence-electron chi connectivity index (χ2n) is 8.14. The van der Waals surface area contributed by atoms with Gasteiger partial charge in [0.05, 0.1) is 22.6 Å². The van der Waals surface area contributed by atoms with Crippen LogP contribution < -0.4 is 9.47 Å². The lowest BCUT2D eigenvalue weighted by Crippen LogP contribution is -2.29. The monoisotopic (exact) mass is 591 g/mol. The van der Waals surface area contributed by atoms with Gasteiger partial charge in [-0.15, -0.1) is 0 Å². The van der Waals surface area contributed by atoms with Gasteiger partial charge in [0.2, 0.25) is 0 Å². The molecule has 2 aromatic carbocycles. The van der Waals surface area contributed by atoms with Crippen LogP contribution in [0.4, 0.5) is 0 Å². The van der Waals surface area contributed by atoms with Crippen molar-refractivity contribution in [3.05, 3.63) is 62.5 Å². The Bertz CT molecular complexity index is 1150. The lowest BCUT2D eigenvalue weighted by molar-refractivity contribution is -0.144. The minimum absolute atomic E-state index is 0.166. The molecule has 0 saturated carbocycles. The summed E-state index contributed by atoms with van der Waals surface area (Å²) in [6.45, 7) is 7.58. The number of aryl methyl sites for hydroxylation is 1. The number of rotatable bonds is 12. The number of ether oxygens (including phenoxy) is 3. The van der Waals surface area contributed by atoms with Gasteiger partial charge in [-0.05, 0) is 77.5 Å². The number of carbonyl (C=O) groups is 2. The fourth-order valence-corrected chi connectivity index (χ4v) is 5.39. The van der Waals surface area contributed by atoms with Crippen LogP contribution in [0.25, 0.3) is 6.08 Å². The number of nitrogens with zero attached hydrogens (tertiary/aromatic N) is 1. The normalized spacial score (nSPS) is 14.4. The van der Waals surface area contributed by atoms with Gasteiger partial charge in [0.15, 0.2) is 11.5 Å². The summed E-state index contributed by atoms with van der Waals surface area (Å²) in [4.78, 5) is 26.8. The van der Waals surface area contributed by atoms with Crippen LogP contribution in [-0.2, 0) is 20.9 Å². The van der Waals surface area contributed by atoms with Crippen molar-refractivity contribution in [2.45, 2.75) is 46.6 Å². The molecule has 1 heterocycles. The molecule has 1 fully saturated rings. The molecule has 1 saturated heterocycles. The first-order valence-corrected chi connectivity index (χ1v) is 13.9. The molecule has 1 aliphatic rings. The molecule has 3 rings (SSSR count). The van der Waals surface area contributed by atoms with Gasteiger partial charge in [0.1, 0.15) is 10.9 Å². The van der Waals surface area contributed by atoms with E-state index in [-0.39, 0.29) is 18.3 Å². The first-order valence-electron chi connectivity index (χ1n) is 11.9. The first kappa shape index (κ1) is 28.2. The molecule has 0 N–H and O–H groups in total. The van der Waals surface area contributed by atoms with E-state index in [9.17, 15) is 9.59 Å². The van der Waals surface area contributed by atoms with Gasteiger partial charge in [0, 0.05) is 13.0 Å². The lowest BCUT2D eigenvalue weighted by atomic mass is 10.1. The summed E-state index contributed by atoms with van der Waals surface area (Å²) in [5.74, 6) is 0.782. The minimum Gasteiger partial charge on any atom is -0.490 e. The van der Waals surface area contributed by atoms with E-state index < -0.39 is 0 Å². The molecule has 0 aromatic heterocycles. The summed E-state index contributed by atoms with van der Waals surface area (Å²) >= 11 is 10.3. The van der Waals surface area contributed by atoms with E-state index in [0.29, 0.717) is 53.5 Å². The van der Waals surface area contributed by atoms with Gasteiger partial charge in [-0.3, -0.25) is 14.5 Å². The Kier molecular flexibility index (Phi) is 10.8. The summed E-state index contributed by atoms with van der Waals surface area (Å²) in [6, 6.07) is 11.8. The number of esters is 1. The average molecular weight is 593 g/mol. The number of amides is 1. The Morgan fingerprint density at radius 3 is 2.69 bits per heavy atom. The number of hydrogen-bond donors (Lipinski definition) is 0. The van der Waals surface area contributed by atoms with Gasteiger partial charge < -0.3 is 14.2 Å². The molecular formula is C27H30BrNO5S2. The van der Waals surface area contributed by atoms with Gasteiger partial charge in [0.25, 0.3) is 5.91 Å². The molecule has 1 aliphatic heterocycles. The van der Waals surface area contributed by atoms with E-state index in [1.165, 1.54) is 16.7 Å². The fraction of sp³-hybridized carbons (Fsp3) is 0.370. The fourth-order valence-electron chi connectivity index (χ4n) is 3.51. The highest BCUT2D eigenvalue weighted by Crippen LogP contribution is 2.40. The number of benzene rings is 2. The van der Waals surface area contributed by atoms with E-state index in [2.05, 4.69) is 28.9 Å². The Labute approximate surface area is 230 Å². The summed E-state index contributed by atoms with van der Waals surface area (Å²) in [6.07, 6.45) is 3.33. The summed E-state index contributed by atoms with van der Waals surface area (Å²) in [5.41, 5.74) is 3.04. The Morgan fingerprint density at radius 1 is 1.19 bits per heavy atom. The molecule has 0 aliphatic carbocycles. The topological polar surface area (TPSA) is 65.1 Å². The van der Waals surface area contributed by atoms with Crippen molar-refractivity contribution >= 4 is 62.2 Å². The van der Waals surface area contributed by atoms with Gasteiger partial charge in [-0.1, -0.05) is 55.2 Å². The lowest BCUT2D eigenvalue weighted by Gasteiger charge is -2.16. The number of thiocarbonyl (C=S) groups is 1. The van der Waals surface area contributed by atoms with Crippen LogP contribution in [-0.4, -0.2) is 40.9 Å². The Hall–Kier alpha value is -2.36. The van der Waals surface area contributed by atoms with Crippen molar-refractivity contribution in [1.82, 2.24) is 4.90 Å². The maximum Gasteiger partial charge on any atom is 0.305 e. The molecule has 0 radical (unpaired) electrons. The molecule has 6 nitrogen and oxygen atoms in total. The Morgan fingerprint density at radius 2 is 1.97 bits per heavy atom. The van der Waals surface area contributed by atoms with E-state index in [4.69, 9.17) is 26.4 Å². The molecule has 0 atom stereocenters. The van der Waals surface area contributed by atoms with Crippen LogP contribution in [0.3, 0.4) is 0 Å². The molecule has 0 spiro atoms. The number of halogens is 1. The molecule has 192 valence electrons. The highest BCUT2D eigenvalue weighted by molar-refractivity contribution is 9.10. The zero-order valence-electron chi connectivity index (χ0n) is 20.7. The first-order chi connectivity index (χ1) is 17.3. The van der Waals surface area contributed by atoms with Crippen molar-refractivity contribution in [2.75, 3.05) is 19.8 Å². The predicted octanol–water partition coefficient (Wildman–Crippen LogP) is 6.67. The summed E-state index contributed by atoms with van der Waals surface area (Å²) in [5, 5.41) is 0. The third-order valence-electron chi connectivity index (χ3n) is 5.37. The predicted molar refractivity (Wildman–Crippen MR) is 151 cm³/mol. The second-order valence-corrected chi connectivity index (χ2v) is 10.7. The molecule has 2 aromatic rings. The van der Waals surface area contributed by atoms with Crippen LogP contribution in [0.5, 0.6) is 11.5 Å². The molecule has 1 amide bonds. The number of carbonyl (C=O) groups excluding carboxylic acids is 2. The van der Waals surface area contributed by atoms with Gasteiger partial charge >= 0.3 is 5.97 Å². The van der Waals surface area contributed by atoms with Gasteiger partial charge in [-0.25, -0.2) is 0 Å². The summed E-state index contributed by atoms with van der Waals surface area (Å²) < 4.78 is 18.3. The van der Waals surface area contributed by atoms with E-state index in [1.54, 1.807) is 6.08 Å². The quantitative estimate of drug-likeness (QED) is 0.155. The van der Waals surface area contributed by atoms with Crippen LogP contribution >= 0.6 is 39.9 Å². The largest absolute Gasteiger partial charge is 0.490 e. The van der Waals surface area contributed by atoms with E-state index in [0.717, 1.165) is 27.6 Å². The van der Waals surface area contributed by atoms with E-state index >= 15 is 0 Å². The molecule has 0 bridgehead atoms. The van der Waals surface area contributed by atoms with E-state index in [1.807, 2.05) is 44.2 Å². The van der Waals surface area contributed by atoms with Crippen LogP contribution in [0.2, 0.25) is 0 Å². The van der Waals surface area contributed by atoms with Gasteiger partial charge in [-0.2, -0.15) is 0 Å². The maximum absolute atomic E-state index is 13.0. The van der Waals surface area contributed by atoms with Crippen molar-refractivity contribution < 1.29 is 23.8 Å². The van der Waals surface area contributed by atoms with Crippen LogP contribution in [0.15, 0.2) is 45.8 Å². The SMILES string of the molecule is CCCOC(=O)CCCN1C(=O)/C(=C/c2cc(Br)c(OCc3ccccc3C)c(OCC)c2)SC1=S. The van der Waals surface area contributed by atoms with Crippen LogP contribution in [0, 0.1) is 6.92 Å². The molecule has 36 heavy (non-hydrogen) atoms. The zero-order chi connectivity index (χ0) is 26.1. The highest BCUT2D eigenvalue weighted by atomic mass is 79.9. The van der Waals surface area contributed by atoms with Crippen LogP contribution in [0.1, 0.15) is 49.8 Å². The molecule has 0 unspecified atom stereocenters. The highest BCUT2D eigenvalue weighted by Gasteiger charge is 2.31. The standard InChI is InChI=1S/C27H30BrNO5S2/c1-4-13-33-24(30)11-8-12-29-26(31)23(36-27(29)35)16-19-14-21(28)25(22(15-19)32-5-2)34-17-20-10-7-6-9-18(20)3/h6-7,9-10,14-16H,4-5,8,11-13,17H2,1-3H3/b23-16-. The second kappa shape index (κ2) is 13.8. The molecular weight excluding hydrogens is 562 g/mol. The smallest absolute Gasteiger partial charge is 0.305 e. The Balaban J connectivity index is 1.72. The molecule has 9 heteroatoms. The maximum atomic E-state index is 13.0. The number of hydrogen-bond acceptors (Lipinski definition) is 7. The zero-order valence-corrected chi connectivity index (χ0v) is 23.9. The summed E-state index contributed by atoms with van der Waals surface area (Å²) in [7, 11) is 0. The van der Waals surface area contributed by atoms with Crippen molar-refractivity contribution in [3.8, 4) is 11.5 Å². The average Bonchev–Trinajstić information content (AvgIpc) is 3.10. The van der Waals surface area contributed by atoms with Crippen molar-refractivity contribution in [3.63, 3.8) is 0 Å². The number of thioether (sulfide) groups is 1. The van der Waals surface area contributed by atoms with Crippen molar-refractivity contribution in [2.24, 2.45) is 0 Å². The minimum atomic E-state index is -0.254. The van der Waals surface area contributed by atoms with Crippen molar-refractivity contribution in [1.29, 1.82) is 0 Å². The third-order valence-corrected chi connectivity index (χ3v) is 7.33. The third kappa shape index (κ3) is 7.57.